The van der Waals surface area contributed by atoms with Crippen molar-refractivity contribution >= 4 is 17.4 Å². The van der Waals surface area contributed by atoms with Crippen LogP contribution in [-0.2, 0) is 0 Å². The monoisotopic (exact) mass is 292 g/mol. The van der Waals surface area contributed by atoms with Crippen LogP contribution in [0.1, 0.15) is 41.5 Å². The van der Waals surface area contributed by atoms with Crippen molar-refractivity contribution < 1.29 is 9.53 Å². The van der Waals surface area contributed by atoms with E-state index in [0.717, 1.165) is 5.56 Å². The van der Waals surface area contributed by atoms with Gasteiger partial charge < -0.3 is 4.74 Å². The molecule has 0 bridgehead atoms. The van der Waals surface area contributed by atoms with E-state index in [-0.39, 0.29) is 11.8 Å². The van der Waals surface area contributed by atoms with Crippen molar-refractivity contribution in [2.45, 2.75) is 26.8 Å². The first-order valence-electron chi connectivity index (χ1n) is 6.38. The Morgan fingerprint density at radius 1 is 1.40 bits per heavy atom. The van der Waals surface area contributed by atoms with Gasteiger partial charge in [-0.1, -0.05) is 23.7 Å². The molecule has 5 heteroatoms. The summed E-state index contributed by atoms with van der Waals surface area (Å²) in [7, 11) is 1.53. The van der Waals surface area contributed by atoms with Crippen LogP contribution in [0.2, 0.25) is 5.02 Å². The first kappa shape index (κ1) is 14.6. The molecular formula is C15H17ClN2O2. The van der Waals surface area contributed by atoms with Crippen LogP contribution >= 0.6 is 11.6 Å². The lowest BCUT2D eigenvalue weighted by atomic mass is 10.1. The van der Waals surface area contributed by atoms with E-state index in [1.165, 1.54) is 7.11 Å². The summed E-state index contributed by atoms with van der Waals surface area (Å²) in [5, 5.41) is 4.79. The summed E-state index contributed by atoms with van der Waals surface area (Å²) < 4.78 is 6.90. The third-order valence-electron chi connectivity index (χ3n) is 3.12. The number of halogens is 1. The van der Waals surface area contributed by atoms with E-state index in [0.29, 0.717) is 22.0 Å². The van der Waals surface area contributed by atoms with E-state index >= 15 is 0 Å². The largest absolute Gasteiger partial charge is 0.493 e. The Labute approximate surface area is 123 Å². The molecule has 0 N–H and O–H groups in total. The molecule has 0 aliphatic heterocycles. The molecule has 4 nitrogen and oxygen atoms in total. The highest BCUT2D eigenvalue weighted by Gasteiger charge is 2.22. The van der Waals surface area contributed by atoms with Crippen molar-refractivity contribution in [1.82, 2.24) is 9.78 Å². The van der Waals surface area contributed by atoms with Gasteiger partial charge in [0.15, 0.2) is 11.4 Å². The van der Waals surface area contributed by atoms with Crippen molar-refractivity contribution in [1.29, 1.82) is 0 Å². The number of hydrogen-bond acceptors (Lipinski definition) is 3. The predicted molar refractivity (Wildman–Crippen MR) is 78.8 cm³/mol. The van der Waals surface area contributed by atoms with E-state index in [1.54, 1.807) is 23.0 Å². The molecule has 20 heavy (non-hydrogen) atoms. The van der Waals surface area contributed by atoms with E-state index in [1.807, 2.05) is 26.8 Å². The molecule has 0 saturated carbocycles. The van der Waals surface area contributed by atoms with E-state index in [9.17, 15) is 4.79 Å². The van der Waals surface area contributed by atoms with Gasteiger partial charge in [-0.15, -0.1) is 0 Å². The van der Waals surface area contributed by atoms with Gasteiger partial charge in [0.25, 0.3) is 0 Å². The lowest BCUT2D eigenvalue weighted by molar-refractivity contribution is 0.102. The van der Waals surface area contributed by atoms with Crippen LogP contribution in [0, 0.1) is 6.92 Å². The van der Waals surface area contributed by atoms with E-state index < -0.39 is 0 Å². The van der Waals surface area contributed by atoms with Gasteiger partial charge in [0.05, 0.1) is 13.3 Å². The second-order valence-corrected chi connectivity index (χ2v) is 5.30. The second kappa shape index (κ2) is 5.67. The number of methoxy groups -OCH3 is 1. The van der Waals surface area contributed by atoms with Gasteiger partial charge in [0.1, 0.15) is 0 Å². The fourth-order valence-corrected chi connectivity index (χ4v) is 2.15. The Bertz CT molecular complexity index is 647. The van der Waals surface area contributed by atoms with Crippen molar-refractivity contribution in [3.05, 3.63) is 46.2 Å². The molecule has 0 atom stereocenters. The average Bonchev–Trinajstić information content (AvgIpc) is 2.85. The second-order valence-electron chi connectivity index (χ2n) is 4.89. The van der Waals surface area contributed by atoms with Crippen LogP contribution in [0.25, 0.3) is 0 Å². The summed E-state index contributed by atoms with van der Waals surface area (Å²) in [6.45, 7) is 5.83. The highest BCUT2D eigenvalue weighted by atomic mass is 35.5. The smallest absolute Gasteiger partial charge is 0.214 e. The first-order valence-corrected chi connectivity index (χ1v) is 6.75. The topological polar surface area (TPSA) is 44.1 Å². The third kappa shape index (κ3) is 2.56. The number of carbonyl (C=O) groups is 1. The molecule has 0 radical (unpaired) electrons. The van der Waals surface area contributed by atoms with Crippen molar-refractivity contribution in [3.8, 4) is 5.75 Å². The zero-order valence-electron chi connectivity index (χ0n) is 12.0. The molecular weight excluding hydrogens is 276 g/mol. The summed E-state index contributed by atoms with van der Waals surface area (Å²) in [5.74, 6) is 0.329. The van der Waals surface area contributed by atoms with Gasteiger partial charge >= 0.3 is 0 Å². The maximum Gasteiger partial charge on any atom is 0.214 e. The average molecular weight is 293 g/mol. The van der Waals surface area contributed by atoms with E-state index in [4.69, 9.17) is 16.3 Å². The molecule has 0 aliphatic rings. The molecule has 0 spiro atoms. The fourth-order valence-electron chi connectivity index (χ4n) is 1.97. The number of ether oxygens (including phenoxy) is 1. The molecule has 1 aromatic carbocycles. The highest BCUT2D eigenvalue weighted by molar-refractivity contribution is 6.31. The molecule has 2 rings (SSSR count). The van der Waals surface area contributed by atoms with Gasteiger partial charge in [0, 0.05) is 16.6 Å². The SMILES string of the molecule is COc1cnn(C(C)C)c1C(=O)c1ccc(C)c(Cl)c1. The van der Waals surface area contributed by atoms with Crippen LogP contribution in [0.3, 0.4) is 0 Å². The molecule has 2 aromatic rings. The maximum absolute atomic E-state index is 12.7. The summed E-state index contributed by atoms with van der Waals surface area (Å²) >= 11 is 6.09. The molecule has 0 unspecified atom stereocenters. The Morgan fingerprint density at radius 2 is 2.10 bits per heavy atom. The molecule has 106 valence electrons. The van der Waals surface area contributed by atoms with Gasteiger partial charge in [-0.25, -0.2) is 0 Å². The van der Waals surface area contributed by atoms with Crippen LogP contribution in [0.5, 0.6) is 5.75 Å². The normalized spacial score (nSPS) is 10.9. The Kier molecular flexibility index (Phi) is 4.14. The number of nitrogens with zero attached hydrogens (tertiary/aromatic N) is 2. The molecule has 1 heterocycles. The van der Waals surface area contributed by atoms with Crippen LogP contribution in [-0.4, -0.2) is 22.7 Å². The maximum atomic E-state index is 12.7. The Hall–Kier alpha value is -1.81. The number of benzene rings is 1. The minimum absolute atomic E-state index is 0.0683. The summed E-state index contributed by atoms with van der Waals surface area (Å²) in [4.78, 5) is 12.7. The number of aromatic nitrogens is 2. The lowest BCUT2D eigenvalue weighted by Crippen LogP contribution is -2.14. The van der Waals surface area contributed by atoms with Gasteiger partial charge in [0.2, 0.25) is 5.78 Å². The Balaban J connectivity index is 2.52. The van der Waals surface area contributed by atoms with Crippen LogP contribution in [0.4, 0.5) is 0 Å². The molecule has 0 aliphatic carbocycles. The fraction of sp³-hybridized carbons (Fsp3) is 0.333. The summed E-state index contributed by atoms with van der Waals surface area (Å²) in [5.41, 5.74) is 1.91. The van der Waals surface area contributed by atoms with Crippen molar-refractivity contribution in [2.24, 2.45) is 0 Å². The third-order valence-corrected chi connectivity index (χ3v) is 3.53. The zero-order valence-corrected chi connectivity index (χ0v) is 12.7. The molecule has 0 saturated heterocycles. The molecule has 0 fully saturated rings. The lowest BCUT2D eigenvalue weighted by Gasteiger charge is -2.11. The zero-order chi connectivity index (χ0) is 14.9. The number of rotatable bonds is 4. The summed E-state index contributed by atoms with van der Waals surface area (Å²) in [6, 6.07) is 5.34. The molecule has 1 aromatic heterocycles. The first-order chi connectivity index (χ1) is 9.45. The minimum Gasteiger partial charge on any atom is -0.493 e. The molecule has 0 amide bonds. The van der Waals surface area contributed by atoms with Crippen LogP contribution in [0.15, 0.2) is 24.4 Å². The van der Waals surface area contributed by atoms with Crippen molar-refractivity contribution in [3.63, 3.8) is 0 Å². The van der Waals surface area contributed by atoms with Crippen LogP contribution < -0.4 is 4.74 Å². The van der Waals surface area contributed by atoms with Gasteiger partial charge in [-0.2, -0.15) is 5.10 Å². The van der Waals surface area contributed by atoms with Crippen molar-refractivity contribution in [2.75, 3.05) is 7.11 Å². The Morgan fingerprint density at radius 3 is 2.65 bits per heavy atom. The van der Waals surface area contributed by atoms with Gasteiger partial charge in [-0.3, -0.25) is 9.48 Å². The standard InChI is InChI=1S/C15H17ClN2O2/c1-9(2)18-14(13(20-4)8-17-18)15(19)11-6-5-10(3)12(16)7-11/h5-9H,1-4H3. The quantitative estimate of drug-likeness (QED) is 0.808. The predicted octanol–water partition coefficient (Wildman–Crippen LogP) is 3.67. The highest BCUT2D eigenvalue weighted by Crippen LogP contribution is 2.26. The number of ketones is 1. The minimum atomic E-state index is -0.144. The number of carbonyl (C=O) groups excluding carboxylic acids is 1. The summed E-state index contributed by atoms with van der Waals surface area (Å²) in [6.07, 6.45) is 1.56. The van der Waals surface area contributed by atoms with Gasteiger partial charge in [-0.05, 0) is 32.4 Å². The number of aryl methyl sites for hydroxylation is 1. The number of hydrogen-bond donors (Lipinski definition) is 0. The van der Waals surface area contributed by atoms with E-state index in [2.05, 4.69) is 5.10 Å².